The standard InChI is InChI=1S/C24H24FN5O2S2/c25-18-5-3-17(4-6-18)23(20-2-1-12-33-20)27-21(31)16-29-9-7-28(8-10-29)15-19-14-22(32)30-11-13-34-24(30)26-19/h1-6,11-14,23H,7-10,15-16H2,(H,27,31)/t23-/m0/s1. The maximum Gasteiger partial charge on any atom is 0.258 e. The number of hydrogen-bond donors (Lipinski definition) is 1. The Morgan fingerprint density at radius 1 is 1.06 bits per heavy atom. The smallest absolute Gasteiger partial charge is 0.258 e. The Labute approximate surface area is 204 Å². The molecule has 176 valence electrons. The number of nitrogens with one attached hydrogen (secondary N) is 1. The van der Waals surface area contributed by atoms with Crippen molar-refractivity contribution in [1.82, 2.24) is 24.5 Å². The highest BCUT2D eigenvalue weighted by Crippen LogP contribution is 2.26. The first-order chi connectivity index (χ1) is 16.5. The number of thiazole rings is 1. The lowest BCUT2D eigenvalue weighted by Crippen LogP contribution is -2.49. The normalized spacial score (nSPS) is 16.0. The van der Waals surface area contributed by atoms with Gasteiger partial charge in [0, 0.05) is 55.2 Å². The van der Waals surface area contributed by atoms with Crippen LogP contribution in [0, 0.1) is 5.82 Å². The lowest BCUT2D eigenvalue weighted by atomic mass is 10.1. The van der Waals surface area contributed by atoms with Crippen LogP contribution in [0.3, 0.4) is 0 Å². The summed E-state index contributed by atoms with van der Waals surface area (Å²) in [6, 6.07) is 11.5. The van der Waals surface area contributed by atoms with Gasteiger partial charge in [-0.1, -0.05) is 18.2 Å². The molecule has 4 aromatic rings. The Morgan fingerprint density at radius 3 is 2.56 bits per heavy atom. The van der Waals surface area contributed by atoms with Crippen LogP contribution in [0.2, 0.25) is 0 Å². The molecule has 0 bridgehead atoms. The molecule has 10 heteroatoms. The van der Waals surface area contributed by atoms with E-state index >= 15 is 0 Å². The first-order valence-corrected chi connectivity index (χ1v) is 12.8. The summed E-state index contributed by atoms with van der Waals surface area (Å²) in [4.78, 5) is 35.8. The summed E-state index contributed by atoms with van der Waals surface area (Å²) in [6.45, 7) is 4.03. The Kier molecular flexibility index (Phi) is 6.82. The molecule has 0 aliphatic carbocycles. The second kappa shape index (κ2) is 10.1. The van der Waals surface area contributed by atoms with Crippen LogP contribution in [0.4, 0.5) is 4.39 Å². The summed E-state index contributed by atoms with van der Waals surface area (Å²) in [5.41, 5.74) is 1.57. The van der Waals surface area contributed by atoms with E-state index in [4.69, 9.17) is 0 Å². The SMILES string of the molecule is O=C(CN1CCN(Cc2cc(=O)n3ccsc3n2)CC1)N[C@@H](c1ccc(F)cc1)c1cccs1. The summed E-state index contributed by atoms with van der Waals surface area (Å²) >= 11 is 3.01. The van der Waals surface area contributed by atoms with Crippen LogP contribution in [0.1, 0.15) is 22.2 Å². The Hall–Kier alpha value is -2.92. The van der Waals surface area contributed by atoms with Gasteiger partial charge >= 0.3 is 0 Å². The third-order valence-corrected chi connectivity index (χ3v) is 7.60. The fraction of sp³-hybridized carbons (Fsp3) is 0.292. The molecule has 4 heterocycles. The third kappa shape index (κ3) is 5.25. The van der Waals surface area contributed by atoms with Gasteiger partial charge in [0.25, 0.3) is 5.56 Å². The molecule has 3 aromatic heterocycles. The van der Waals surface area contributed by atoms with Crippen molar-refractivity contribution in [1.29, 1.82) is 0 Å². The van der Waals surface area contributed by atoms with Gasteiger partial charge in [0.15, 0.2) is 4.96 Å². The number of piperazine rings is 1. The molecule has 34 heavy (non-hydrogen) atoms. The lowest BCUT2D eigenvalue weighted by molar-refractivity contribution is -0.123. The van der Waals surface area contributed by atoms with E-state index in [0.717, 1.165) is 42.3 Å². The monoisotopic (exact) mass is 497 g/mol. The van der Waals surface area contributed by atoms with E-state index in [2.05, 4.69) is 20.1 Å². The van der Waals surface area contributed by atoms with Crippen molar-refractivity contribution in [3.63, 3.8) is 0 Å². The summed E-state index contributed by atoms with van der Waals surface area (Å²) in [6.07, 6.45) is 1.74. The van der Waals surface area contributed by atoms with E-state index in [1.807, 2.05) is 22.9 Å². The number of rotatable bonds is 7. The Morgan fingerprint density at radius 2 is 1.82 bits per heavy atom. The average molecular weight is 498 g/mol. The molecule has 1 aliphatic heterocycles. The minimum absolute atomic E-state index is 0.0574. The highest BCUT2D eigenvalue weighted by atomic mass is 32.1. The maximum atomic E-state index is 13.4. The van der Waals surface area contributed by atoms with Crippen LogP contribution in [0.5, 0.6) is 0 Å². The van der Waals surface area contributed by atoms with Crippen molar-refractivity contribution in [2.45, 2.75) is 12.6 Å². The molecule has 0 unspecified atom stereocenters. The van der Waals surface area contributed by atoms with Crippen molar-refractivity contribution >= 4 is 33.5 Å². The van der Waals surface area contributed by atoms with Crippen molar-refractivity contribution in [3.05, 3.63) is 91.7 Å². The van der Waals surface area contributed by atoms with Crippen LogP contribution in [0.15, 0.2) is 64.2 Å². The number of nitrogens with zero attached hydrogens (tertiary/aromatic N) is 4. The van der Waals surface area contributed by atoms with Gasteiger partial charge in [0.2, 0.25) is 5.91 Å². The highest BCUT2D eigenvalue weighted by Gasteiger charge is 2.23. The van der Waals surface area contributed by atoms with Crippen molar-refractivity contribution in [3.8, 4) is 0 Å². The largest absolute Gasteiger partial charge is 0.343 e. The van der Waals surface area contributed by atoms with Gasteiger partial charge in [0.05, 0.1) is 18.3 Å². The number of thiophene rings is 1. The van der Waals surface area contributed by atoms with Gasteiger partial charge in [-0.05, 0) is 29.1 Å². The Balaban J connectivity index is 1.16. The van der Waals surface area contributed by atoms with Crippen LogP contribution in [0.25, 0.3) is 4.96 Å². The van der Waals surface area contributed by atoms with Gasteiger partial charge in [-0.3, -0.25) is 23.8 Å². The molecule has 1 saturated heterocycles. The molecule has 1 N–H and O–H groups in total. The zero-order chi connectivity index (χ0) is 23.5. The molecular weight excluding hydrogens is 473 g/mol. The quantitative estimate of drug-likeness (QED) is 0.425. The Bertz CT molecular complexity index is 1310. The number of aromatic nitrogens is 2. The van der Waals surface area contributed by atoms with Crippen LogP contribution in [-0.4, -0.2) is 57.8 Å². The molecule has 0 saturated carbocycles. The minimum atomic E-state index is -0.299. The number of amides is 1. The number of benzene rings is 1. The van der Waals surface area contributed by atoms with E-state index < -0.39 is 0 Å². The molecule has 1 aromatic carbocycles. The predicted molar refractivity (Wildman–Crippen MR) is 132 cm³/mol. The van der Waals surface area contributed by atoms with Crippen molar-refractivity contribution in [2.75, 3.05) is 32.7 Å². The van der Waals surface area contributed by atoms with E-state index in [1.54, 1.807) is 40.1 Å². The topological polar surface area (TPSA) is 70.0 Å². The fourth-order valence-electron chi connectivity index (χ4n) is 4.14. The van der Waals surface area contributed by atoms with Gasteiger partial charge < -0.3 is 5.32 Å². The van der Waals surface area contributed by atoms with E-state index in [1.165, 1.54) is 23.5 Å². The lowest BCUT2D eigenvalue weighted by Gasteiger charge is -2.34. The zero-order valence-electron chi connectivity index (χ0n) is 18.4. The summed E-state index contributed by atoms with van der Waals surface area (Å²) < 4.78 is 14.9. The van der Waals surface area contributed by atoms with Gasteiger partial charge in [-0.2, -0.15) is 0 Å². The second-order valence-corrected chi connectivity index (χ2v) is 10.1. The van der Waals surface area contributed by atoms with Gasteiger partial charge in [-0.25, -0.2) is 9.37 Å². The summed E-state index contributed by atoms with van der Waals surface area (Å²) in [5, 5.41) is 6.95. The van der Waals surface area contributed by atoms with E-state index in [-0.39, 0.29) is 23.3 Å². The number of fused-ring (bicyclic) bond motifs is 1. The third-order valence-electron chi connectivity index (χ3n) is 5.91. The second-order valence-electron chi connectivity index (χ2n) is 8.26. The summed E-state index contributed by atoms with van der Waals surface area (Å²) in [7, 11) is 0. The van der Waals surface area contributed by atoms with Crippen molar-refractivity contribution in [2.24, 2.45) is 0 Å². The number of carbonyl (C=O) groups excluding carboxylic acids is 1. The van der Waals surface area contributed by atoms with E-state index in [0.29, 0.717) is 18.1 Å². The fourth-order valence-corrected chi connectivity index (χ4v) is 5.68. The molecule has 0 spiro atoms. The van der Waals surface area contributed by atoms with Crippen molar-refractivity contribution < 1.29 is 9.18 Å². The number of halogens is 1. The molecular formula is C24H24FN5O2S2. The highest BCUT2D eigenvalue weighted by molar-refractivity contribution is 7.15. The molecule has 1 amide bonds. The first-order valence-electron chi connectivity index (χ1n) is 11.0. The molecule has 0 radical (unpaired) electrons. The molecule has 1 atom stereocenters. The van der Waals surface area contributed by atoms with E-state index in [9.17, 15) is 14.0 Å². The van der Waals surface area contributed by atoms with Gasteiger partial charge in [-0.15, -0.1) is 22.7 Å². The maximum absolute atomic E-state index is 13.4. The zero-order valence-corrected chi connectivity index (χ0v) is 20.0. The predicted octanol–water partition coefficient (Wildman–Crippen LogP) is 2.98. The summed E-state index contributed by atoms with van der Waals surface area (Å²) in [5.74, 6) is -0.359. The molecule has 1 fully saturated rings. The molecule has 5 rings (SSSR count). The minimum Gasteiger partial charge on any atom is -0.343 e. The molecule has 1 aliphatic rings. The number of carbonyl (C=O) groups is 1. The van der Waals surface area contributed by atoms with Crippen LogP contribution >= 0.6 is 22.7 Å². The van der Waals surface area contributed by atoms with Crippen LogP contribution < -0.4 is 10.9 Å². The molecule has 7 nitrogen and oxygen atoms in total. The van der Waals surface area contributed by atoms with Gasteiger partial charge in [0.1, 0.15) is 5.82 Å². The van der Waals surface area contributed by atoms with Crippen LogP contribution in [-0.2, 0) is 11.3 Å². The number of hydrogen-bond acceptors (Lipinski definition) is 7. The first kappa shape index (κ1) is 22.9. The average Bonchev–Trinajstić information content (AvgIpc) is 3.52.